The highest BCUT2D eigenvalue weighted by Crippen LogP contribution is 2.68. The van der Waals surface area contributed by atoms with Crippen LogP contribution in [0.2, 0.25) is 0 Å². The van der Waals surface area contributed by atoms with Crippen LogP contribution in [0.4, 0.5) is 0 Å². The molecule has 6 atom stereocenters. The first-order chi connectivity index (χ1) is 8.74. The molecule has 2 aliphatic carbocycles. The minimum atomic E-state index is 0.347. The molecule has 2 aliphatic heterocycles. The van der Waals surface area contributed by atoms with Crippen molar-refractivity contribution in [2.75, 3.05) is 0 Å². The second-order valence-electron chi connectivity index (χ2n) is 5.98. The maximum absolute atomic E-state index is 6.32. The minimum absolute atomic E-state index is 0.347. The number of benzene rings is 1. The predicted molar refractivity (Wildman–Crippen MR) is 76.1 cm³/mol. The Bertz CT molecular complexity index is 545. The van der Waals surface area contributed by atoms with Gasteiger partial charge in [0.25, 0.3) is 0 Å². The van der Waals surface area contributed by atoms with Gasteiger partial charge in [-0.3, -0.25) is 0 Å². The molecule has 2 heterocycles. The third-order valence-electron chi connectivity index (χ3n) is 5.31. The van der Waals surface area contributed by atoms with Crippen molar-refractivity contribution in [3.05, 3.63) is 44.4 Å². The van der Waals surface area contributed by atoms with Gasteiger partial charge in [0.2, 0.25) is 0 Å². The van der Waals surface area contributed by atoms with Gasteiger partial charge in [0.1, 0.15) is 0 Å². The summed E-state index contributed by atoms with van der Waals surface area (Å²) in [6, 6.07) is 4.52. The Morgan fingerprint density at radius 2 is 1.39 bits per heavy atom. The van der Waals surface area contributed by atoms with Gasteiger partial charge in [-0.1, -0.05) is 12.2 Å². The summed E-state index contributed by atoms with van der Waals surface area (Å²) in [7, 11) is 0. The summed E-state index contributed by atoms with van der Waals surface area (Å²) in [5.74, 6) is 3.02. The largest absolute Gasteiger partial charge is 0.365 e. The van der Waals surface area contributed by atoms with E-state index in [1.165, 1.54) is 17.5 Å². The number of rotatable bonds is 0. The van der Waals surface area contributed by atoms with E-state index in [1.807, 2.05) is 0 Å². The fourth-order valence-corrected chi connectivity index (χ4v) is 5.44. The lowest BCUT2D eigenvalue weighted by Crippen LogP contribution is -2.25. The molecule has 1 nitrogen and oxygen atoms in total. The highest BCUT2D eigenvalue weighted by molar-refractivity contribution is 9.13. The number of allylic oxidation sites excluding steroid dienone is 2. The summed E-state index contributed by atoms with van der Waals surface area (Å²) < 4.78 is 8.61. The molecule has 3 heteroatoms. The third kappa shape index (κ3) is 1.09. The normalized spacial score (nSPS) is 45.7. The molecule has 0 spiro atoms. The lowest BCUT2D eigenvalue weighted by molar-refractivity contribution is 0.0424. The molecule has 5 rings (SSSR count). The molecule has 0 radical (unpaired) electrons. The van der Waals surface area contributed by atoms with Crippen LogP contribution in [0, 0.1) is 23.7 Å². The Morgan fingerprint density at radius 3 is 1.89 bits per heavy atom. The average molecular weight is 368 g/mol. The second kappa shape index (κ2) is 3.31. The number of fused-ring (bicyclic) bond motifs is 12. The van der Waals surface area contributed by atoms with Crippen LogP contribution >= 0.6 is 31.9 Å². The van der Waals surface area contributed by atoms with E-state index in [9.17, 15) is 0 Å². The van der Waals surface area contributed by atoms with Crippen molar-refractivity contribution in [3.63, 3.8) is 0 Å². The second-order valence-corrected chi connectivity index (χ2v) is 7.68. The van der Waals surface area contributed by atoms with E-state index in [0.717, 1.165) is 32.6 Å². The Morgan fingerprint density at radius 1 is 0.889 bits per heavy atom. The van der Waals surface area contributed by atoms with E-state index in [4.69, 9.17) is 4.74 Å². The van der Waals surface area contributed by atoms with Gasteiger partial charge in [-0.05, 0) is 73.4 Å². The molecule has 1 aromatic carbocycles. The molecular formula is C15H12Br2O. The Labute approximate surface area is 123 Å². The van der Waals surface area contributed by atoms with Crippen LogP contribution in [-0.4, -0.2) is 0 Å². The lowest BCUT2D eigenvalue weighted by atomic mass is 9.71. The summed E-state index contributed by atoms with van der Waals surface area (Å²) in [6.45, 7) is 0. The molecule has 18 heavy (non-hydrogen) atoms. The minimum Gasteiger partial charge on any atom is -0.365 e. The molecule has 3 unspecified atom stereocenters. The van der Waals surface area contributed by atoms with Gasteiger partial charge in [-0.15, -0.1) is 0 Å². The van der Waals surface area contributed by atoms with Crippen molar-refractivity contribution in [2.24, 2.45) is 23.7 Å². The zero-order valence-electron chi connectivity index (χ0n) is 9.64. The van der Waals surface area contributed by atoms with Crippen LogP contribution in [0.1, 0.15) is 29.8 Å². The Balaban J connectivity index is 1.71. The molecule has 92 valence electrons. The number of hydrogen-bond acceptors (Lipinski definition) is 1. The summed E-state index contributed by atoms with van der Waals surface area (Å²) in [5, 5.41) is 0. The standard InChI is InChI=1S/C15H12Br2O/c16-10-4-8-9(5-11(10)17)15-13-7-2-1-6(3-7)12(13)14(8)18-15/h1-2,4-7,12-15H,3H2/t6-,7-,12?,13?,14+,15?/m0/s1. The Hall–Kier alpha value is -0.120. The summed E-state index contributed by atoms with van der Waals surface area (Å²) in [6.07, 6.45) is 6.92. The molecule has 0 amide bonds. The van der Waals surface area contributed by atoms with E-state index in [1.54, 1.807) is 0 Å². The quantitative estimate of drug-likeness (QED) is 0.600. The van der Waals surface area contributed by atoms with Crippen LogP contribution in [-0.2, 0) is 4.74 Å². The summed E-state index contributed by atoms with van der Waals surface area (Å²) in [5.41, 5.74) is 2.86. The van der Waals surface area contributed by atoms with Gasteiger partial charge in [0, 0.05) is 20.8 Å². The SMILES string of the molecule is Brc1cc2c(cc1Br)[C@H]1OC2C2C1[C@H]1C=C[C@H]2C1. The van der Waals surface area contributed by atoms with Crippen LogP contribution in [0.3, 0.4) is 0 Å². The van der Waals surface area contributed by atoms with E-state index >= 15 is 0 Å². The smallest absolute Gasteiger partial charge is 0.0875 e. The topological polar surface area (TPSA) is 9.23 Å². The molecule has 0 aromatic heterocycles. The van der Waals surface area contributed by atoms with E-state index < -0.39 is 0 Å². The van der Waals surface area contributed by atoms with E-state index in [0.29, 0.717) is 12.2 Å². The Kier molecular flexibility index (Phi) is 1.95. The first-order valence-electron chi connectivity index (χ1n) is 6.56. The van der Waals surface area contributed by atoms with Crippen LogP contribution in [0.5, 0.6) is 0 Å². The molecule has 0 N–H and O–H groups in total. The predicted octanol–water partition coefficient (Wildman–Crippen LogP) is 4.78. The molecule has 4 bridgehead atoms. The number of ether oxygens (including phenoxy) is 1. The van der Waals surface area contributed by atoms with Crippen molar-refractivity contribution >= 4 is 31.9 Å². The van der Waals surface area contributed by atoms with Crippen LogP contribution < -0.4 is 0 Å². The van der Waals surface area contributed by atoms with Crippen molar-refractivity contribution in [2.45, 2.75) is 18.6 Å². The van der Waals surface area contributed by atoms with Gasteiger partial charge >= 0.3 is 0 Å². The summed E-state index contributed by atoms with van der Waals surface area (Å²) >= 11 is 7.23. The number of halogens is 2. The maximum atomic E-state index is 6.32. The molecule has 1 saturated heterocycles. The van der Waals surface area contributed by atoms with Crippen LogP contribution in [0.25, 0.3) is 0 Å². The lowest BCUT2D eigenvalue weighted by Gasteiger charge is -2.30. The monoisotopic (exact) mass is 366 g/mol. The van der Waals surface area contributed by atoms with Gasteiger partial charge in [0.15, 0.2) is 0 Å². The van der Waals surface area contributed by atoms with E-state index in [2.05, 4.69) is 56.1 Å². The molecule has 1 saturated carbocycles. The highest BCUT2D eigenvalue weighted by atomic mass is 79.9. The zero-order valence-corrected chi connectivity index (χ0v) is 12.8. The first-order valence-corrected chi connectivity index (χ1v) is 8.15. The highest BCUT2D eigenvalue weighted by Gasteiger charge is 2.61. The molecule has 4 aliphatic rings. The number of hydrogen-bond donors (Lipinski definition) is 0. The van der Waals surface area contributed by atoms with Crippen molar-refractivity contribution in [3.8, 4) is 0 Å². The van der Waals surface area contributed by atoms with Gasteiger partial charge in [-0.2, -0.15) is 0 Å². The van der Waals surface area contributed by atoms with Crippen LogP contribution in [0.15, 0.2) is 33.2 Å². The molecule has 1 aromatic rings. The average Bonchev–Trinajstić information content (AvgIpc) is 3.05. The van der Waals surface area contributed by atoms with Gasteiger partial charge < -0.3 is 4.74 Å². The third-order valence-corrected chi connectivity index (χ3v) is 7.16. The molecular weight excluding hydrogens is 356 g/mol. The fourth-order valence-electron chi connectivity index (χ4n) is 4.72. The van der Waals surface area contributed by atoms with Crippen molar-refractivity contribution in [1.29, 1.82) is 0 Å². The maximum Gasteiger partial charge on any atom is 0.0875 e. The van der Waals surface area contributed by atoms with Gasteiger partial charge in [0.05, 0.1) is 12.2 Å². The zero-order chi connectivity index (χ0) is 12.0. The van der Waals surface area contributed by atoms with Crippen molar-refractivity contribution < 1.29 is 4.74 Å². The molecule has 2 fully saturated rings. The fraction of sp³-hybridized carbons (Fsp3) is 0.467. The summed E-state index contributed by atoms with van der Waals surface area (Å²) in [4.78, 5) is 0. The first kappa shape index (κ1) is 10.6. The van der Waals surface area contributed by atoms with Gasteiger partial charge in [-0.25, -0.2) is 0 Å². The van der Waals surface area contributed by atoms with E-state index in [-0.39, 0.29) is 0 Å². The van der Waals surface area contributed by atoms with Crippen molar-refractivity contribution in [1.82, 2.24) is 0 Å².